The molecule has 0 amide bonds. The molecule has 0 fully saturated rings. The number of allylic oxidation sites excluding steroid dienone is 4. The first kappa shape index (κ1) is 25.1. The fourth-order valence-corrected chi connectivity index (χ4v) is 3.04. The molecule has 0 saturated heterocycles. The first-order valence-electron chi connectivity index (χ1n) is 5.88. The molecule has 2 aliphatic rings. The van der Waals surface area contributed by atoms with Gasteiger partial charge in [0.25, 0.3) is 0 Å². The molecule has 0 bridgehead atoms. The third-order valence-corrected chi connectivity index (χ3v) is 4.24. The molecule has 0 N–H and O–H groups in total. The molecular formula is C13H21Cl3O2Zr. The van der Waals surface area contributed by atoms with E-state index in [0.717, 1.165) is 3.63 Å². The van der Waals surface area contributed by atoms with Crippen LogP contribution in [0.15, 0.2) is 23.3 Å². The number of ether oxygens (including phenoxy) is 2. The molecule has 2 nitrogen and oxygen atoms in total. The van der Waals surface area contributed by atoms with Crippen LogP contribution in [0.2, 0.25) is 3.63 Å². The van der Waals surface area contributed by atoms with Crippen LogP contribution in [0.25, 0.3) is 0 Å². The van der Waals surface area contributed by atoms with Gasteiger partial charge >= 0.3 is 77.3 Å². The predicted octanol–water partition coefficient (Wildman–Crippen LogP) is -5.95. The molecule has 0 aromatic heterocycles. The van der Waals surface area contributed by atoms with E-state index in [2.05, 4.69) is 21.6 Å². The zero-order valence-electron chi connectivity index (χ0n) is 11.4. The summed E-state index contributed by atoms with van der Waals surface area (Å²) in [6.07, 6.45) is 10.3. The predicted molar refractivity (Wildman–Crippen MR) is 62.1 cm³/mol. The molecule has 1 atom stereocenters. The molecule has 0 aliphatic heterocycles. The van der Waals surface area contributed by atoms with Crippen LogP contribution in [0.1, 0.15) is 25.7 Å². The minimum atomic E-state index is 0. The molecule has 0 aromatic rings. The number of hydrogen-bond acceptors (Lipinski definition) is 2. The second kappa shape index (κ2) is 15.5. The Bertz CT molecular complexity index is 267. The molecule has 0 aromatic carbocycles. The van der Waals surface area contributed by atoms with Crippen molar-refractivity contribution < 1.29 is 71.4 Å². The van der Waals surface area contributed by atoms with Crippen LogP contribution in [0.5, 0.6) is 0 Å². The summed E-state index contributed by atoms with van der Waals surface area (Å²) in [6.45, 7) is 1.38. The quantitative estimate of drug-likeness (QED) is 0.435. The van der Waals surface area contributed by atoms with Crippen molar-refractivity contribution in [2.45, 2.75) is 29.3 Å². The molecule has 0 saturated carbocycles. The Morgan fingerprint density at radius 3 is 2.05 bits per heavy atom. The molecule has 0 spiro atoms. The number of methoxy groups -OCH3 is 2. The molecule has 110 valence electrons. The summed E-state index contributed by atoms with van der Waals surface area (Å²) in [5.41, 5.74) is 3.44. The summed E-state index contributed by atoms with van der Waals surface area (Å²) in [7, 11) is 3.30. The monoisotopic (exact) mass is 404 g/mol. The Balaban J connectivity index is -0.000000257. The van der Waals surface area contributed by atoms with Gasteiger partial charge in [-0.05, 0) is 0 Å². The Morgan fingerprint density at radius 1 is 1.05 bits per heavy atom. The molecule has 0 heterocycles. The maximum atomic E-state index is 4.66. The second-order valence-corrected chi connectivity index (χ2v) is 5.61. The Kier molecular flexibility index (Phi) is 20.6. The van der Waals surface area contributed by atoms with Gasteiger partial charge in [0.05, 0.1) is 13.2 Å². The molecule has 6 heteroatoms. The molecule has 2 aliphatic carbocycles. The van der Waals surface area contributed by atoms with Gasteiger partial charge in [0.1, 0.15) is 0 Å². The molecule has 0 radical (unpaired) electrons. The topological polar surface area (TPSA) is 18.5 Å². The Hall–Kier alpha value is 1.15. The van der Waals surface area contributed by atoms with E-state index in [1.54, 1.807) is 50.1 Å². The van der Waals surface area contributed by atoms with Gasteiger partial charge in [0, 0.05) is 14.2 Å². The summed E-state index contributed by atoms with van der Waals surface area (Å²) in [4.78, 5) is 0. The normalized spacial score (nSPS) is 19.3. The molecule has 2 rings (SSSR count). The fraction of sp³-hybridized carbons (Fsp3) is 0.692. The maximum absolute atomic E-state index is 4.66. The SMILES string of the molecule is COCCOC.[Cl-].[Cl-].[Cl-].[Zr+3][CH]1C=CC2=C1CCCC2. The van der Waals surface area contributed by atoms with Crippen molar-refractivity contribution in [3.63, 3.8) is 0 Å². The third kappa shape index (κ3) is 9.66. The third-order valence-electron chi connectivity index (χ3n) is 2.91. The average molecular weight is 407 g/mol. The van der Waals surface area contributed by atoms with Crippen LogP contribution in [-0.4, -0.2) is 27.4 Å². The summed E-state index contributed by atoms with van der Waals surface area (Å²) in [5.74, 6) is 0. The summed E-state index contributed by atoms with van der Waals surface area (Å²) in [5, 5.41) is 0. The first-order valence-corrected chi connectivity index (χ1v) is 7.30. The zero-order chi connectivity index (χ0) is 11.8. The van der Waals surface area contributed by atoms with Crippen molar-refractivity contribution in [3.8, 4) is 0 Å². The number of rotatable bonds is 3. The summed E-state index contributed by atoms with van der Waals surface area (Å²) < 4.78 is 10.2. The van der Waals surface area contributed by atoms with Crippen LogP contribution in [0.4, 0.5) is 0 Å². The van der Waals surface area contributed by atoms with Gasteiger partial charge in [-0.15, -0.1) is 0 Å². The van der Waals surface area contributed by atoms with Gasteiger partial charge in [0.15, 0.2) is 0 Å². The van der Waals surface area contributed by atoms with Gasteiger partial charge < -0.3 is 46.7 Å². The van der Waals surface area contributed by atoms with Gasteiger partial charge in [-0.1, -0.05) is 0 Å². The molecule has 19 heavy (non-hydrogen) atoms. The standard InChI is InChI=1S/C9H11.C4H10O2.3ClH.Zr/c1-2-5-9-7-3-6-8(9)4-1;1-5-3-4-6-2;;;;/h3,6-7H,1-2,4-5H2;3-4H2,1-2H3;3*1H;/q;;;;;+3/p-3. The Labute approximate surface area is 150 Å². The fourth-order valence-electron chi connectivity index (χ4n) is 1.99. The first-order chi connectivity index (χ1) is 7.79. The van der Waals surface area contributed by atoms with Crippen molar-refractivity contribution in [3.05, 3.63) is 23.3 Å². The van der Waals surface area contributed by atoms with Gasteiger partial charge in [-0.2, -0.15) is 0 Å². The van der Waals surface area contributed by atoms with Crippen LogP contribution in [0, 0.1) is 0 Å². The number of hydrogen-bond donors (Lipinski definition) is 0. The van der Waals surface area contributed by atoms with Crippen LogP contribution in [-0.2, 0) is 34.2 Å². The Morgan fingerprint density at radius 2 is 1.58 bits per heavy atom. The zero-order valence-corrected chi connectivity index (χ0v) is 16.2. The van der Waals surface area contributed by atoms with Gasteiger partial charge in [0.2, 0.25) is 0 Å². The summed E-state index contributed by atoms with van der Waals surface area (Å²) in [6, 6.07) is 0. The van der Waals surface area contributed by atoms with E-state index < -0.39 is 0 Å². The average Bonchev–Trinajstić information content (AvgIpc) is 2.70. The van der Waals surface area contributed by atoms with Crippen molar-refractivity contribution in [2.24, 2.45) is 0 Å². The van der Waals surface area contributed by atoms with Crippen LogP contribution >= 0.6 is 0 Å². The minimum absolute atomic E-state index is 0. The van der Waals surface area contributed by atoms with Crippen molar-refractivity contribution in [1.82, 2.24) is 0 Å². The van der Waals surface area contributed by atoms with E-state index in [-0.39, 0.29) is 37.2 Å². The molecular weight excluding hydrogens is 386 g/mol. The van der Waals surface area contributed by atoms with Crippen LogP contribution in [0.3, 0.4) is 0 Å². The van der Waals surface area contributed by atoms with Crippen molar-refractivity contribution in [1.29, 1.82) is 0 Å². The van der Waals surface area contributed by atoms with E-state index in [4.69, 9.17) is 0 Å². The van der Waals surface area contributed by atoms with E-state index in [9.17, 15) is 0 Å². The van der Waals surface area contributed by atoms with Crippen molar-refractivity contribution in [2.75, 3.05) is 27.4 Å². The second-order valence-electron chi connectivity index (χ2n) is 4.08. The van der Waals surface area contributed by atoms with E-state index in [1.165, 1.54) is 25.7 Å². The molecule has 1 unspecified atom stereocenters. The summed E-state index contributed by atoms with van der Waals surface area (Å²) >= 11 is 1.67. The number of halogens is 3. The van der Waals surface area contributed by atoms with Gasteiger partial charge in [-0.25, -0.2) is 0 Å². The van der Waals surface area contributed by atoms with E-state index >= 15 is 0 Å². The van der Waals surface area contributed by atoms with Gasteiger partial charge in [-0.3, -0.25) is 0 Å². The van der Waals surface area contributed by atoms with E-state index in [1.807, 2.05) is 0 Å². The van der Waals surface area contributed by atoms with Crippen molar-refractivity contribution >= 4 is 0 Å². The van der Waals surface area contributed by atoms with E-state index in [0.29, 0.717) is 13.2 Å². The van der Waals surface area contributed by atoms with Crippen LogP contribution < -0.4 is 37.2 Å².